The molecule has 1 aromatic heterocycles. The van der Waals surface area contributed by atoms with Crippen LogP contribution in [0, 0.1) is 11.6 Å². The lowest BCUT2D eigenvalue weighted by Gasteiger charge is -2.39. The van der Waals surface area contributed by atoms with Crippen LogP contribution in [-0.4, -0.2) is 25.2 Å². The quantitative estimate of drug-likeness (QED) is 0.876. The van der Waals surface area contributed by atoms with Gasteiger partial charge >= 0.3 is 0 Å². The molecule has 20 heavy (non-hydrogen) atoms. The van der Waals surface area contributed by atoms with Gasteiger partial charge in [-0.2, -0.15) is 0 Å². The smallest absolute Gasteiger partial charge is 0.163 e. The van der Waals surface area contributed by atoms with Crippen LogP contribution in [0.4, 0.5) is 14.5 Å². The molecule has 1 N–H and O–H groups in total. The summed E-state index contributed by atoms with van der Waals surface area (Å²) in [6.45, 7) is 5.48. The van der Waals surface area contributed by atoms with E-state index < -0.39 is 11.6 Å². The van der Waals surface area contributed by atoms with Crippen LogP contribution in [0.2, 0.25) is 0 Å². The van der Waals surface area contributed by atoms with Crippen LogP contribution < -0.4 is 10.2 Å². The second-order valence-electron chi connectivity index (χ2n) is 5.16. The van der Waals surface area contributed by atoms with Gasteiger partial charge < -0.3 is 14.6 Å². The normalized spacial score (nSPS) is 22.9. The number of fused-ring (bicyclic) bond motifs is 1. The molecule has 110 valence electrons. The Labute approximate surface area is 122 Å². The summed E-state index contributed by atoms with van der Waals surface area (Å²) in [6.07, 6.45) is 1.40. The van der Waals surface area contributed by atoms with Crippen molar-refractivity contribution < 1.29 is 13.2 Å². The van der Waals surface area contributed by atoms with Gasteiger partial charge in [0.05, 0.1) is 11.6 Å². The Balaban J connectivity index is 0.00000147. The molecule has 0 saturated carbocycles. The highest BCUT2D eigenvalue weighted by Crippen LogP contribution is 2.34. The highest BCUT2D eigenvalue weighted by molar-refractivity contribution is 5.90. The molecule has 1 aliphatic rings. The molecule has 1 aliphatic heterocycles. The van der Waals surface area contributed by atoms with Crippen LogP contribution in [0.25, 0.3) is 11.0 Å². The molecule has 0 bridgehead atoms. The number of benzene rings is 1. The van der Waals surface area contributed by atoms with Crippen molar-refractivity contribution in [3.8, 4) is 0 Å². The monoisotopic (exact) mass is 302 g/mol. The minimum atomic E-state index is -0.583. The van der Waals surface area contributed by atoms with Gasteiger partial charge in [-0.1, -0.05) is 0 Å². The van der Waals surface area contributed by atoms with E-state index >= 15 is 0 Å². The van der Waals surface area contributed by atoms with E-state index in [1.165, 1.54) is 12.3 Å². The lowest BCUT2D eigenvalue weighted by Crippen LogP contribution is -2.54. The summed E-state index contributed by atoms with van der Waals surface area (Å²) in [5.41, 5.74) is 0.653. The van der Waals surface area contributed by atoms with Crippen molar-refractivity contribution in [3.05, 3.63) is 30.0 Å². The van der Waals surface area contributed by atoms with Gasteiger partial charge in [-0.3, -0.25) is 0 Å². The number of hydrogen-bond acceptors (Lipinski definition) is 3. The first-order valence-electron chi connectivity index (χ1n) is 6.43. The van der Waals surface area contributed by atoms with E-state index in [4.69, 9.17) is 4.42 Å². The minimum Gasteiger partial charge on any atom is -0.462 e. The Morgan fingerprint density at radius 3 is 2.80 bits per heavy atom. The number of rotatable bonds is 1. The Kier molecular flexibility index (Phi) is 4.20. The van der Waals surface area contributed by atoms with E-state index in [0.717, 1.165) is 12.6 Å². The Bertz CT molecular complexity index is 616. The summed E-state index contributed by atoms with van der Waals surface area (Å²) in [5, 5.41) is 3.66. The van der Waals surface area contributed by atoms with Crippen molar-refractivity contribution in [2.45, 2.75) is 25.9 Å². The zero-order valence-corrected chi connectivity index (χ0v) is 12.1. The average Bonchev–Trinajstić information content (AvgIpc) is 2.83. The topological polar surface area (TPSA) is 28.4 Å². The van der Waals surface area contributed by atoms with Gasteiger partial charge in [-0.05, 0) is 19.9 Å². The van der Waals surface area contributed by atoms with Gasteiger partial charge in [-0.15, -0.1) is 12.4 Å². The minimum absolute atomic E-state index is 0. The standard InChI is InChI=1S/C14H16F2N2O.ClH/c1-8-7-18(9(2)6-17-8)13-12(16)5-11(15)10-3-4-19-14(10)13;/h3-5,8-9,17H,6-7H2,1-2H3;1H/t8-,9+;/m1./s1. The maximum Gasteiger partial charge on any atom is 0.163 e. The zero-order valence-electron chi connectivity index (χ0n) is 11.3. The first-order valence-corrected chi connectivity index (χ1v) is 6.43. The average molecular weight is 303 g/mol. The molecule has 1 saturated heterocycles. The predicted molar refractivity (Wildman–Crippen MR) is 77.7 cm³/mol. The molecular weight excluding hydrogens is 286 g/mol. The lowest BCUT2D eigenvalue weighted by atomic mass is 10.1. The molecule has 1 fully saturated rings. The van der Waals surface area contributed by atoms with Crippen molar-refractivity contribution in [1.82, 2.24) is 5.32 Å². The van der Waals surface area contributed by atoms with Gasteiger partial charge in [0.1, 0.15) is 11.5 Å². The molecule has 2 atom stereocenters. The number of anilines is 1. The van der Waals surface area contributed by atoms with Gasteiger partial charge in [0.2, 0.25) is 0 Å². The van der Waals surface area contributed by atoms with Crippen LogP contribution in [0.1, 0.15) is 13.8 Å². The van der Waals surface area contributed by atoms with E-state index in [1.54, 1.807) is 0 Å². The fourth-order valence-corrected chi connectivity index (χ4v) is 2.65. The summed E-state index contributed by atoms with van der Waals surface area (Å²) in [6, 6.07) is 2.85. The van der Waals surface area contributed by atoms with Crippen molar-refractivity contribution in [2.75, 3.05) is 18.0 Å². The molecule has 0 amide bonds. The number of piperazine rings is 1. The molecule has 1 aromatic carbocycles. The summed E-state index contributed by atoms with van der Waals surface area (Å²) in [4.78, 5) is 1.95. The molecule has 3 rings (SSSR count). The molecule has 2 heterocycles. The van der Waals surface area contributed by atoms with E-state index in [-0.39, 0.29) is 24.5 Å². The van der Waals surface area contributed by atoms with Crippen LogP contribution in [0.15, 0.2) is 22.8 Å². The molecule has 0 aliphatic carbocycles. The third-order valence-corrected chi connectivity index (χ3v) is 3.67. The fourth-order valence-electron chi connectivity index (χ4n) is 2.65. The number of nitrogens with zero attached hydrogens (tertiary/aromatic N) is 1. The summed E-state index contributed by atoms with van der Waals surface area (Å²) in [5.74, 6) is -1.15. The fraction of sp³-hybridized carbons (Fsp3) is 0.429. The molecule has 3 nitrogen and oxygen atoms in total. The first kappa shape index (κ1) is 15.1. The maximum absolute atomic E-state index is 14.2. The van der Waals surface area contributed by atoms with Gasteiger partial charge in [0, 0.05) is 31.2 Å². The first-order chi connectivity index (χ1) is 9.08. The summed E-state index contributed by atoms with van der Waals surface area (Å²) in [7, 11) is 0. The maximum atomic E-state index is 14.2. The number of furan rings is 1. The van der Waals surface area contributed by atoms with E-state index in [0.29, 0.717) is 23.2 Å². The van der Waals surface area contributed by atoms with Gasteiger partial charge in [0.25, 0.3) is 0 Å². The van der Waals surface area contributed by atoms with Gasteiger partial charge in [-0.25, -0.2) is 8.78 Å². The lowest BCUT2D eigenvalue weighted by molar-refractivity contribution is 0.419. The summed E-state index contributed by atoms with van der Waals surface area (Å²) >= 11 is 0. The van der Waals surface area contributed by atoms with Crippen LogP contribution in [0.3, 0.4) is 0 Å². The second-order valence-corrected chi connectivity index (χ2v) is 5.16. The molecule has 6 heteroatoms. The van der Waals surface area contributed by atoms with E-state index in [1.807, 2.05) is 18.7 Å². The van der Waals surface area contributed by atoms with Crippen molar-refractivity contribution in [3.63, 3.8) is 0 Å². The molecular formula is C14H17ClF2N2O. The number of halogens is 3. The van der Waals surface area contributed by atoms with E-state index in [2.05, 4.69) is 5.32 Å². The molecule has 2 aromatic rings. The SMILES string of the molecule is C[C@@H]1CN(c2c(F)cc(F)c3ccoc23)[C@@H](C)CN1.Cl. The highest BCUT2D eigenvalue weighted by Gasteiger charge is 2.28. The second kappa shape index (κ2) is 5.58. The Morgan fingerprint density at radius 2 is 2.05 bits per heavy atom. The Morgan fingerprint density at radius 1 is 1.30 bits per heavy atom. The van der Waals surface area contributed by atoms with Crippen molar-refractivity contribution >= 4 is 29.1 Å². The van der Waals surface area contributed by atoms with Crippen molar-refractivity contribution in [1.29, 1.82) is 0 Å². The highest BCUT2D eigenvalue weighted by atomic mass is 35.5. The van der Waals surface area contributed by atoms with E-state index in [9.17, 15) is 8.78 Å². The third kappa shape index (κ3) is 2.36. The van der Waals surface area contributed by atoms with Crippen molar-refractivity contribution in [2.24, 2.45) is 0 Å². The molecule has 0 unspecified atom stereocenters. The third-order valence-electron chi connectivity index (χ3n) is 3.67. The number of nitrogens with one attached hydrogen (secondary N) is 1. The Hall–Kier alpha value is -1.33. The summed E-state index contributed by atoms with van der Waals surface area (Å²) < 4.78 is 33.2. The largest absolute Gasteiger partial charge is 0.462 e. The predicted octanol–water partition coefficient (Wildman–Crippen LogP) is 3.32. The van der Waals surface area contributed by atoms with Crippen LogP contribution >= 0.6 is 12.4 Å². The molecule has 0 spiro atoms. The van der Waals surface area contributed by atoms with Gasteiger partial charge in [0.15, 0.2) is 11.4 Å². The number of hydrogen-bond donors (Lipinski definition) is 1. The van der Waals surface area contributed by atoms with Crippen LogP contribution in [0.5, 0.6) is 0 Å². The van der Waals surface area contributed by atoms with Crippen LogP contribution in [-0.2, 0) is 0 Å². The molecule has 0 radical (unpaired) electrons. The zero-order chi connectivity index (χ0) is 13.6.